The molecule has 1 saturated heterocycles. The Hall–Kier alpha value is -6.11. The van der Waals surface area contributed by atoms with Gasteiger partial charge in [0.15, 0.2) is 5.65 Å². The number of hydrogen-bond acceptors (Lipinski definition) is 9. The van der Waals surface area contributed by atoms with Crippen LogP contribution in [-0.2, 0) is 20.9 Å². The number of carbonyl (C=O) groups excluding carboxylic acids is 3. The van der Waals surface area contributed by atoms with Gasteiger partial charge >= 0.3 is 12.2 Å². The molecule has 5 aromatic rings. The molecule has 13 nitrogen and oxygen atoms in total. The lowest BCUT2D eigenvalue weighted by molar-refractivity contribution is -0.134. The average molecular weight is 719 g/mol. The van der Waals surface area contributed by atoms with Crippen LogP contribution in [0.15, 0.2) is 91.3 Å². The summed E-state index contributed by atoms with van der Waals surface area (Å²) < 4.78 is 12.2. The van der Waals surface area contributed by atoms with Crippen LogP contribution in [0, 0.1) is 11.8 Å². The standard InChI is InChI=1S/C40H46N8O5/c1-26(2)24-52-39(50)44-31-15-13-29(14-16-31)33-22-42-37-34(23-43-48(37)36(33)41)30-11-8-12-32(21-30)46-17-19-47(20-18-46)38(49)35(27(3)4)45-40(51)53-25-28-9-6-5-7-10-28/h5-16,21-23,26-27,35H,17-20,24-25,41H2,1-4H3,(H,44,50)(H,45,51)/t35-/m0/s1. The van der Waals surface area contributed by atoms with E-state index in [2.05, 4.69) is 32.8 Å². The van der Waals surface area contributed by atoms with E-state index in [-0.39, 0.29) is 24.3 Å². The zero-order chi connectivity index (χ0) is 37.5. The topological polar surface area (TPSA) is 156 Å². The fraction of sp³-hybridized carbons (Fsp3) is 0.325. The van der Waals surface area contributed by atoms with Crippen LogP contribution < -0.4 is 21.3 Å². The molecule has 4 N–H and O–H groups in total. The summed E-state index contributed by atoms with van der Waals surface area (Å²) >= 11 is 0. The van der Waals surface area contributed by atoms with Gasteiger partial charge in [-0.3, -0.25) is 10.1 Å². The molecule has 0 unspecified atom stereocenters. The van der Waals surface area contributed by atoms with Crippen LogP contribution in [0.25, 0.3) is 27.9 Å². The van der Waals surface area contributed by atoms with Crippen molar-refractivity contribution in [1.82, 2.24) is 24.8 Å². The van der Waals surface area contributed by atoms with Gasteiger partial charge in [0.2, 0.25) is 5.91 Å². The largest absolute Gasteiger partial charge is 0.449 e. The predicted octanol–water partition coefficient (Wildman–Crippen LogP) is 6.45. The van der Waals surface area contributed by atoms with Crippen molar-refractivity contribution >= 4 is 40.9 Å². The van der Waals surface area contributed by atoms with Gasteiger partial charge in [0.25, 0.3) is 0 Å². The van der Waals surface area contributed by atoms with Gasteiger partial charge in [-0.25, -0.2) is 14.6 Å². The van der Waals surface area contributed by atoms with E-state index in [9.17, 15) is 14.4 Å². The first-order valence-corrected chi connectivity index (χ1v) is 17.8. The number of nitrogen functional groups attached to an aromatic ring is 1. The maximum Gasteiger partial charge on any atom is 0.411 e. The lowest BCUT2D eigenvalue weighted by atomic mass is 10.0. The fourth-order valence-electron chi connectivity index (χ4n) is 6.16. The molecule has 2 aromatic heterocycles. The Morgan fingerprint density at radius 3 is 2.25 bits per heavy atom. The molecule has 1 atom stereocenters. The number of rotatable bonds is 11. The molecule has 13 heteroatoms. The van der Waals surface area contributed by atoms with Crippen LogP contribution in [-0.4, -0.2) is 76.4 Å². The van der Waals surface area contributed by atoms with Crippen molar-refractivity contribution in [2.24, 2.45) is 11.8 Å². The number of nitrogens with two attached hydrogens (primary N) is 1. The van der Waals surface area contributed by atoms with Gasteiger partial charge in [0, 0.05) is 54.9 Å². The van der Waals surface area contributed by atoms with E-state index in [0.29, 0.717) is 55.5 Å². The molecule has 0 aliphatic carbocycles. The monoisotopic (exact) mass is 718 g/mol. The minimum absolute atomic E-state index is 0.110. The van der Waals surface area contributed by atoms with Crippen molar-refractivity contribution in [2.75, 3.05) is 48.7 Å². The van der Waals surface area contributed by atoms with Gasteiger partial charge in [0.1, 0.15) is 18.5 Å². The zero-order valence-corrected chi connectivity index (χ0v) is 30.5. The first-order valence-electron chi connectivity index (χ1n) is 17.8. The molecular weight excluding hydrogens is 672 g/mol. The molecule has 0 spiro atoms. The summed E-state index contributed by atoms with van der Waals surface area (Å²) in [5.41, 5.74) is 13.1. The molecule has 53 heavy (non-hydrogen) atoms. The quantitative estimate of drug-likeness (QED) is 0.140. The summed E-state index contributed by atoms with van der Waals surface area (Å²) in [7, 11) is 0. The third-order valence-corrected chi connectivity index (χ3v) is 9.09. The van der Waals surface area contributed by atoms with E-state index >= 15 is 0 Å². The number of aromatic nitrogens is 3. The van der Waals surface area contributed by atoms with Crippen molar-refractivity contribution in [3.8, 4) is 22.3 Å². The van der Waals surface area contributed by atoms with Crippen LogP contribution in [0.4, 0.5) is 26.8 Å². The number of amides is 3. The van der Waals surface area contributed by atoms with Gasteiger partial charge in [-0.05, 0) is 52.8 Å². The van der Waals surface area contributed by atoms with Crippen LogP contribution in [0.1, 0.15) is 33.3 Å². The van der Waals surface area contributed by atoms with Crippen molar-refractivity contribution in [2.45, 2.75) is 40.3 Å². The molecule has 0 radical (unpaired) electrons. The summed E-state index contributed by atoms with van der Waals surface area (Å²) in [4.78, 5) is 47.0. The third kappa shape index (κ3) is 8.86. The second-order valence-corrected chi connectivity index (χ2v) is 13.8. The van der Waals surface area contributed by atoms with Gasteiger partial charge in [-0.1, -0.05) is 82.3 Å². The Balaban J connectivity index is 1.08. The highest BCUT2D eigenvalue weighted by atomic mass is 16.6. The molecule has 6 rings (SSSR count). The van der Waals surface area contributed by atoms with Gasteiger partial charge < -0.3 is 30.3 Å². The number of piperazine rings is 1. The number of fused-ring (bicyclic) bond motifs is 1. The Bertz CT molecular complexity index is 2040. The Morgan fingerprint density at radius 1 is 0.811 bits per heavy atom. The Morgan fingerprint density at radius 2 is 1.55 bits per heavy atom. The van der Waals surface area contributed by atoms with Crippen molar-refractivity contribution in [3.63, 3.8) is 0 Å². The summed E-state index contributed by atoms with van der Waals surface area (Å²) in [5.74, 6) is 0.461. The molecule has 0 saturated carbocycles. The Kier molecular flexibility index (Phi) is 11.4. The molecule has 3 amide bonds. The average Bonchev–Trinajstić information content (AvgIpc) is 3.61. The van der Waals surface area contributed by atoms with E-state index in [4.69, 9.17) is 20.2 Å². The van der Waals surface area contributed by atoms with Gasteiger partial charge in [-0.2, -0.15) is 9.61 Å². The second kappa shape index (κ2) is 16.5. The van der Waals surface area contributed by atoms with E-state index in [1.165, 1.54) is 0 Å². The molecule has 3 aromatic carbocycles. The first kappa shape index (κ1) is 36.7. The molecule has 3 heterocycles. The first-order chi connectivity index (χ1) is 25.6. The van der Waals surface area contributed by atoms with Crippen molar-refractivity contribution in [3.05, 3.63) is 96.8 Å². The molecule has 1 aliphatic heterocycles. The molecule has 1 aliphatic rings. The number of ether oxygens (including phenoxy) is 2. The highest BCUT2D eigenvalue weighted by Gasteiger charge is 2.31. The SMILES string of the molecule is CC(C)COC(=O)Nc1ccc(-c2cnc3c(-c4cccc(N5CCN(C(=O)[C@@H](NC(=O)OCc6ccccc6)C(C)C)CC5)c4)cnn3c2N)cc1. The zero-order valence-electron chi connectivity index (χ0n) is 30.5. The lowest BCUT2D eigenvalue weighted by Crippen LogP contribution is -2.56. The number of nitrogens with zero attached hydrogens (tertiary/aromatic N) is 5. The Labute approximate surface area is 309 Å². The number of nitrogens with one attached hydrogen (secondary N) is 2. The molecular formula is C40H46N8O5. The third-order valence-electron chi connectivity index (χ3n) is 9.09. The van der Waals surface area contributed by atoms with Crippen LogP contribution >= 0.6 is 0 Å². The van der Waals surface area contributed by atoms with E-state index in [0.717, 1.165) is 27.9 Å². The van der Waals surface area contributed by atoms with Crippen LogP contribution in [0.3, 0.4) is 0 Å². The smallest absolute Gasteiger partial charge is 0.411 e. The normalized spacial score (nSPS) is 13.6. The number of carbonyl (C=O) groups is 3. The minimum atomic E-state index is -0.689. The number of hydrogen-bond donors (Lipinski definition) is 3. The highest BCUT2D eigenvalue weighted by molar-refractivity contribution is 5.87. The van der Waals surface area contributed by atoms with Gasteiger partial charge in [-0.15, -0.1) is 0 Å². The summed E-state index contributed by atoms with van der Waals surface area (Å²) in [5, 5.41) is 10.1. The molecule has 0 bridgehead atoms. The van der Waals surface area contributed by atoms with E-state index in [1.807, 2.05) is 87.2 Å². The summed E-state index contributed by atoms with van der Waals surface area (Å²) in [6.07, 6.45) is 2.39. The van der Waals surface area contributed by atoms with Crippen molar-refractivity contribution in [1.29, 1.82) is 0 Å². The van der Waals surface area contributed by atoms with Crippen LogP contribution in [0.5, 0.6) is 0 Å². The number of benzene rings is 3. The minimum Gasteiger partial charge on any atom is -0.449 e. The van der Waals surface area contributed by atoms with E-state index < -0.39 is 18.2 Å². The van der Waals surface area contributed by atoms with E-state index in [1.54, 1.807) is 29.0 Å². The summed E-state index contributed by atoms with van der Waals surface area (Å²) in [6, 6.07) is 24.2. The fourth-order valence-corrected chi connectivity index (χ4v) is 6.16. The molecule has 276 valence electrons. The lowest BCUT2D eigenvalue weighted by Gasteiger charge is -2.38. The number of anilines is 3. The molecule has 1 fully saturated rings. The predicted molar refractivity (Wildman–Crippen MR) is 205 cm³/mol. The number of alkyl carbamates (subject to hydrolysis) is 1. The maximum absolute atomic E-state index is 13.6. The second-order valence-electron chi connectivity index (χ2n) is 13.8. The maximum atomic E-state index is 13.6. The highest BCUT2D eigenvalue weighted by Crippen LogP contribution is 2.32. The van der Waals surface area contributed by atoms with Gasteiger partial charge in [0.05, 0.1) is 12.8 Å². The summed E-state index contributed by atoms with van der Waals surface area (Å²) in [6.45, 7) is 10.6. The van der Waals surface area contributed by atoms with Crippen LogP contribution in [0.2, 0.25) is 0 Å². The van der Waals surface area contributed by atoms with Crippen molar-refractivity contribution < 1.29 is 23.9 Å².